The lowest BCUT2D eigenvalue weighted by molar-refractivity contribution is -0.155. The van der Waals surface area contributed by atoms with Crippen molar-refractivity contribution in [2.75, 3.05) is 13.2 Å². The van der Waals surface area contributed by atoms with E-state index in [-0.39, 0.29) is 6.10 Å². The first-order chi connectivity index (χ1) is 8.08. The van der Waals surface area contributed by atoms with Gasteiger partial charge >= 0.3 is 0 Å². The predicted octanol–water partition coefficient (Wildman–Crippen LogP) is 0.972. The Morgan fingerprint density at radius 2 is 1.83 bits per heavy atom. The van der Waals surface area contributed by atoms with E-state index in [2.05, 4.69) is 0 Å². The molecule has 18 heavy (non-hydrogen) atoms. The van der Waals surface area contributed by atoms with Crippen molar-refractivity contribution >= 4 is 0 Å². The molecule has 1 unspecified atom stereocenters. The standard InChI is InChI=1S/C9H15FO3.C3H8O2/c1-9(2)12-5-7(13-9)8-6(10)3-4-11-8;1-3(2,4)5/h6-8H,3-5H2,1-2H3;4-5H,1-2H3/t6-,7?,8-;/m1./s1. The SMILES string of the molecule is CC(C)(O)O.CC1(C)OCC([C@@H]2OCC[C@H]2F)O1. The summed E-state index contributed by atoms with van der Waals surface area (Å²) in [5.74, 6) is -2.09. The smallest absolute Gasteiger partial charge is 0.163 e. The first kappa shape index (κ1) is 15.8. The number of ether oxygens (including phenoxy) is 3. The number of aliphatic hydroxyl groups is 2. The minimum Gasteiger partial charge on any atom is -0.372 e. The molecule has 0 saturated carbocycles. The second-order valence-corrected chi connectivity index (χ2v) is 5.50. The van der Waals surface area contributed by atoms with Gasteiger partial charge in [0.2, 0.25) is 0 Å². The van der Waals surface area contributed by atoms with Crippen LogP contribution in [0.2, 0.25) is 0 Å². The summed E-state index contributed by atoms with van der Waals surface area (Å²) < 4.78 is 29.4. The van der Waals surface area contributed by atoms with Crippen molar-refractivity contribution in [3.63, 3.8) is 0 Å². The molecular formula is C12H23FO5. The van der Waals surface area contributed by atoms with Gasteiger partial charge in [-0.2, -0.15) is 0 Å². The number of rotatable bonds is 1. The molecule has 2 aliphatic heterocycles. The molecule has 2 rings (SSSR count). The van der Waals surface area contributed by atoms with Crippen molar-refractivity contribution in [2.45, 2.75) is 64.1 Å². The second kappa shape index (κ2) is 5.79. The highest BCUT2D eigenvalue weighted by Crippen LogP contribution is 2.30. The van der Waals surface area contributed by atoms with Crippen molar-refractivity contribution in [3.8, 4) is 0 Å². The van der Waals surface area contributed by atoms with E-state index < -0.39 is 23.8 Å². The Balaban J connectivity index is 0.000000280. The highest BCUT2D eigenvalue weighted by Gasteiger charge is 2.43. The molecule has 0 aromatic heterocycles. The molecule has 2 aliphatic rings. The first-order valence-electron chi connectivity index (χ1n) is 6.11. The molecule has 2 heterocycles. The van der Waals surface area contributed by atoms with Crippen LogP contribution in [-0.4, -0.2) is 53.4 Å². The fourth-order valence-electron chi connectivity index (χ4n) is 1.80. The van der Waals surface area contributed by atoms with Gasteiger partial charge in [0.1, 0.15) is 18.4 Å². The van der Waals surface area contributed by atoms with Crippen LogP contribution in [0.1, 0.15) is 34.1 Å². The van der Waals surface area contributed by atoms with Crippen molar-refractivity contribution in [3.05, 3.63) is 0 Å². The van der Waals surface area contributed by atoms with Crippen LogP contribution in [0.5, 0.6) is 0 Å². The zero-order chi connectivity index (χ0) is 14.0. The fraction of sp³-hybridized carbons (Fsp3) is 1.00. The van der Waals surface area contributed by atoms with E-state index in [1.807, 2.05) is 13.8 Å². The van der Waals surface area contributed by atoms with Crippen LogP contribution in [0, 0.1) is 0 Å². The Morgan fingerprint density at radius 3 is 2.17 bits per heavy atom. The molecule has 0 spiro atoms. The maximum absolute atomic E-state index is 13.2. The Kier molecular flexibility index (Phi) is 5.08. The molecule has 0 aromatic carbocycles. The lowest BCUT2D eigenvalue weighted by atomic mass is 10.1. The van der Waals surface area contributed by atoms with E-state index in [9.17, 15) is 4.39 Å². The quantitative estimate of drug-likeness (QED) is 0.692. The van der Waals surface area contributed by atoms with Crippen molar-refractivity contribution < 1.29 is 28.8 Å². The van der Waals surface area contributed by atoms with Gasteiger partial charge in [-0.3, -0.25) is 0 Å². The molecule has 0 amide bonds. The van der Waals surface area contributed by atoms with Crippen molar-refractivity contribution in [2.24, 2.45) is 0 Å². The van der Waals surface area contributed by atoms with E-state index in [0.717, 1.165) is 0 Å². The summed E-state index contributed by atoms with van der Waals surface area (Å²) in [4.78, 5) is 0. The molecule has 0 aliphatic carbocycles. The maximum Gasteiger partial charge on any atom is 0.163 e. The normalized spacial score (nSPS) is 35.2. The molecule has 108 valence electrons. The number of alkyl halides is 1. The topological polar surface area (TPSA) is 68.2 Å². The summed E-state index contributed by atoms with van der Waals surface area (Å²) in [5.41, 5.74) is 0. The lowest BCUT2D eigenvalue weighted by Crippen LogP contribution is -2.35. The molecule has 3 atom stereocenters. The highest BCUT2D eigenvalue weighted by atomic mass is 19.1. The number of halogens is 1. The van der Waals surface area contributed by atoms with Gasteiger partial charge < -0.3 is 24.4 Å². The van der Waals surface area contributed by atoms with Gasteiger partial charge in [0.05, 0.1) is 13.2 Å². The Labute approximate surface area is 107 Å². The van der Waals surface area contributed by atoms with Gasteiger partial charge in [-0.05, 0) is 27.7 Å². The van der Waals surface area contributed by atoms with Gasteiger partial charge in [-0.25, -0.2) is 4.39 Å². The van der Waals surface area contributed by atoms with Crippen LogP contribution >= 0.6 is 0 Å². The molecule has 5 nitrogen and oxygen atoms in total. The second-order valence-electron chi connectivity index (χ2n) is 5.50. The Bertz CT molecular complexity index is 258. The van der Waals surface area contributed by atoms with Crippen LogP contribution in [0.3, 0.4) is 0 Å². The van der Waals surface area contributed by atoms with Crippen molar-refractivity contribution in [1.29, 1.82) is 0 Å². The van der Waals surface area contributed by atoms with Gasteiger partial charge in [0, 0.05) is 6.42 Å². The highest BCUT2D eigenvalue weighted by molar-refractivity contribution is 4.87. The predicted molar refractivity (Wildman–Crippen MR) is 62.7 cm³/mol. The molecule has 2 saturated heterocycles. The maximum atomic E-state index is 13.2. The van der Waals surface area contributed by atoms with Crippen LogP contribution in [-0.2, 0) is 14.2 Å². The molecule has 6 heteroatoms. The first-order valence-corrected chi connectivity index (χ1v) is 6.11. The zero-order valence-corrected chi connectivity index (χ0v) is 11.4. The monoisotopic (exact) mass is 266 g/mol. The van der Waals surface area contributed by atoms with Gasteiger partial charge in [-0.15, -0.1) is 0 Å². The Hall–Kier alpha value is -0.270. The summed E-state index contributed by atoms with van der Waals surface area (Å²) in [5, 5.41) is 16.2. The third-order valence-electron chi connectivity index (χ3n) is 2.46. The fourth-order valence-corrected chi connectivity index (χ4v) is 1.80. The minimum atomic E-state index is -1.50. The largest absolute Gasteiger partial charge is 0.372 e. The molecule has 2 fully saturated rings. The average Bonchev–Trinajstić information content (AvgIpc) is 2.69. The van der Waals surface area contributed by atoms with E-state index in [4.69, 9.17) is 24.4 Å². The average molecular weight is 266 g/mol. The molecule has 2 N–H and O–H groups in total. The third kappa shape index (κ3) is 5.58. The van der Waals surface area contributed by atoms with Crippen LogP contribution < -0.4 is 0 Å². The summed E-state index contributed by atoms with van der Waals surface area (Å²) in [6, 6.07) is 0. The summed E-state index contributed by atoms with van der Waals surface area (Å²) in [6.07, 6.45) is -1.10. The van der Waals surface area contributed by atoms with E-state index in [1.54, 1.807) is 0 Å². The van der Waals surface area contributed by atoms with Crippen molar-refractivity contribution in [1.82, 2.24) is 0 Å². The zero-order valence-electron chi connectivity index (χ0n) is 11.4. The summed E-state index contributed by atoms with van der Waals surface area (Å²) in [6.45, 7) is 7.18. The van der Waals surface area contributed by atoms with E-state index in [0.29, 0.717) is 19.6 Å². The van der Waals surface area contributed by atoms with Crippen LogP contribution in [0.4, 0.5) is 4.39 Å². The van der Waals surface area contributed by atoms with Gasteiger partial charge in [0.15, 0.2) is 11.6 Å². The molecule has 0 radical (unpaired) electrons. The molecule has 0 aromatic rings. The summed E-state index contributed by atoms with van der Waals surface area (Å²) in [7, 11) is 0. The molecular weight excluding hydrogens is 243 g/mol. The number of hydrogen-bond acceptors (Lipinski definition) is 5. The van der Waals surface area contributed by atoms with Gasteiger partial charge in [0.25, 0.3) is 0 Å². The number of hydrogen-bond donors (Lipinski definition) is 2. The lowest BCUT2D eigenvalue weighted by Gasteiger charge is -2.21. The Morgan fingerprint density at radius 1 is 1.28 bits per heavy atom. The minimum absolute atomic E-state index is 0.243. The van der Waals surface area contributed by atoms with Gasteiger partial charge in [-0.1, -0.05) is 0 Å². The molecule has 0 bridgehead atoms. The third-order valence-corrected chi connectivity index (χ3v) is 2.46. The van der Waals surface area contributed by atoms with Crippen LogP contribution in [0.15, 0.2) is 0 Å². The van der Waals surface area contributed by atoms with Crippen LogP contribution in [0.25, 0.3) is 0 Å². The van der Waals surface area contributed by atoms with E-state index >= 15 is 0 Å². The summed E-state index contributed by atoms with van der Waals surface area (Å²) >= 11 is 0. The van der Waals surface area contributed by atoms with E-state index in [1.165, 1.54) is 13.8 Å².